The van der Waals surface area contributed by atoms with Gasteiger partial charge >= 0.3 is 5.76 Å². The van der Waals surface area contributed by atoms with Gasteiger partial charge in [0.1, 0.15) is 0 Å². The van der Waals surface area contributed by atoms with Crippen LogP contribution in [-0.2, 0) is 4.74 Å². The van der Waals surface area contributed by atoms with E-state index in [4.69, 9.17) is 14.9 Å². The average Bonchev–Trinajstić information content (AvgIpc) is 2.67. The number of rotatable bonds is 6. The van der Waals surface area contributed by atoms with Crippen molar-refractivity contribution in [1.82, 2.24) is 4.98 Å². The van der Waals surface area contributed by atoms with Crippen molar-refractivity contribution in [2.75, 3.05) is 30.8 Å². The van der Waals surface area contributed by atoms with Crippen molar-refractivity contribution in [1.29, 1.82) is 0 Å². The molecular weight excluding hydrogens is 246 g/mol. The smallest absolute Gasteiger partial charge is 0.408 e. The Morgan fingerprint density at radius 2 is 2.26 bits per heavy atom. The molecule has 0 radical (unpaired) electrons. The van der Waals surface area contributed by atoms with Gasteiger partial charge in [0.2, 0.25) is 0 Å². The Bertz CT molecular complexity index is 601. The first-order valence-corrected chi connectivity index (χ1v) is 6.30. The van der Waals surface area contributed by atoms with E-state index in [-0.39, 0.29) is 0 Å². The van der Waals surface area contributed by atoms with Crippen LogP contribution >= 0.6 is 0 Å². The average molecular weight is 265 g/mol. The summed E-state index contributed by atoms with van der Waals surface area (Å²) < 4.78 is 10.4. The van der Waals surface area contributed by atoms with E-state index < -0.39 is 5.76 Å². The molecule has 0 saturated carbocycles. The van der Waals surface area contributed by atoms with E-state index in [9.17, 15) is 4.79 Å². The summed E-state index contributed by atoms with van der Waals surface area (Å²) in [5.41, 5.74) is 8.27. The van der Waals surface area contributed by atoms with Crippen LogP contribution in [0.25, 0.3) is 11.1 Å². The van der Waals surface area contributed by atoms with Crippen molar-refractivity contribution < 1.29 is 9.15 Å². The molecule has 104 valence electrons. The van der Waals surface area contributed by atoms with E-state index in [1.807, 2.05) is 0 Å². The van der Waals surface area contributed by atoms with Crippen LogP contribution in [0.5, 0.6) is 0 Å². The third-order valence-corrected chi connectivity index (χ3v) is 2.60. The van der Waals surface area contributed by atoms with E-state index in [1.54, 1.807) is 12.1 Å². The Morgan fingerprint density at radius 3 is 3.00 bits per heavy atom. The fourth-order valence-electron chi connectivity index (χ4n) is 1.74. The molecule has 0 amide bonds. The van der Waals surface area contributed by atoms with Gasteiger partial charge in [-0.05, 0) is 12.0 Å². The molecule has 1 aromatic heterocycles. The monoisotopic (exact) mass is 265 g/mol. The quantitative estimate of drug-likeness (QED) is 0.547. The molecule has 0 unspecified atom stereocenters. The van der Waals surface area contributed by atoms with Gasteiger partial charge in [-0.1, -0.05) is 13.8 Å². The zero-order valence-corrected chi connectivity index (χ0v) is 11.2. The molecule has 1 aromatic carbocycles. The van der Waals surface area contributed by atoms with Gasteiger partial charge in [-0.25, -0.2) is 4.79 Å². The summed E-state index contributed by atoms with van der Waals surface area (Å²) in [6.07, 6.45) is 0. The van der Waals surface area contributed by atoms with E-state index in [0.717, 1.165) is 12.3 Å². The standard InChI is InChI=1S/C13H19N3O3/c1-8(2)7-18-4-3-15-10-6-11-12(5-9(10)14)19-13(17)16-11/h5-6,8,15H,3-4,7,14H2,1-2H3,(H,16,17). The highest BCUT2D eigenvalue weighted by Crippen LogP contribution is 2.23. The van der Waals surface area contributed by atoms with Gasteiger partial charge in [0, 0.05) is 19.2 Å². The van der Waals surface area contributed by atoms with Crippen molar-refractivity contribution in [3.8, 4) is 0 Å². The number of oxazole rings is 1. The summed E-state index contributed by atoms with van der Waals surface area (Å²) in [5, 5.41) is 3.17. The minimum atomic E-state index is -0.480. The second-order valence-corrected chi connectivity index (χ2v) is 4.85. The topological polar surface area (TPSA) is 93.3 Å². The van der Waals surface area contributed by atoms with Gasteiger partial charge in [0.15, 0.2) is 5.58 Å². The highest BCUT2D eigenvalue weighted by Gasteiger charge is 2.06. The Hall–Kier alpha value is -1.95. The van der Waals surface area contributed by atoms with Gasteiger partial charge in [-0.15, -0.1) is 0 Å². The first kappa shape index (κ1) is 13.5. The van der Waals surface area contributed by atoms with Gasteiger partial charge in [0.25, 0.3) is 0 Å². The lowest BCUT2D eigenvalue weighted by molar-refractivity contribution is 0.118. The van der Waals surface area contributed by atoms with Crippen molar-refractivity contribution in [3.05, 3.63) is 22.7 Å². The molecule has 2 aromatic rings. The Balaban J connectivity index is 1.96. The van der Waals surface area contributed by atoms with Crippen molar-refractivity contribution in [2.45, 2.75) is 13.8 Å². The highest BCUT2D eigenvalue weighted by atomic mass is 16.5. The normalized spacial score (nSPS) is 11.3. The van der Waals surface area contributed by atoms with E-state index in [0.29, 0.717) is 35.9 Å². The van der Waals surface area contributed by atoms with Crippen LogP contribution in [0.1, 0.15) is 13.8 Å². The van der Waals surface area contributed by atoms with Crippen LogP contribution in [0.4, 0.5) is 11.4 Å². The van der Waals surface area contributed by atoms with Crippen LogP contribution in [0.2, 0.25) is 0 Å². The molecule has 0 aliphatic heterocycles. The molecule has 1 heterocycles. The molecule has 2 rings (SSSR count). The molecule has 0 atom stereocenters. The molecule has 0 aliphatic rings. The van der Waals surface area contributed by atoms with Crippen LogP contribution in [0.15, 0.2) is 21.3 Å². The van der Waals surface area contributed by atoms with Crippen molar-refractivity contribution in [2.24, 2.45) is 5.92 Å². The lowest BCUT2D eigenvalue weighted by Crippen LogP contribution is -2.13. The SMILES string of the molecule is CC(C)COCCNc1cc2[nH]c(=O)oc2cc1N. The molecule has 0 bridgehead atoms. The molecule has 4 N–H and O–H groups in total. The first-order valence-electron chi connectivity index (χ1n) is 6.30. The van der Waals surface area contributed by atoms with Crippen LogP contribution < -0.4 is 16.8 Å². The molecule has 19 heavy (non-hydrogen) atoms. The number of hydrogen-bond acceptors (Lipinski definition) is 5. The summed E-state index contributed by atoms with van der Waals surface area (Å²) in [7, 11) is 0. The lowest BCUT2D eigenvalue weighted by Gasteiger charge is -2.10. The second kappa shape index (κ2) is 5.79. The molecule has 0 spiro atoms. The van der Waals surface area contributed by atoms with Gasteiger partial charge < -0.3 is 20.2 Å². The Kier molecular flexibility index (Phi) is 4.11. The van der Waals surface area contributed by atoms with Crippen LogP contribution in [-0.4, -0.2) is 24.7 Å². The number of ether oxygens (including phenoxy) is 1. The third kappa shape index (κ3) is 3.51. The maximum atomic E-state index is 11.1. The predicted octanol–water partition coefficient (Wildman–Crippen LogP) is 1.79. The lowest BCUT2D eigenvalue weighted by atomic mass is 10.2. The van der Waals surface area contributed by atoms with Crippen LogP contribution in [0, 0.1) is 5.92 Å². The third-order valence-electron chi connectivity index (χ3n) is 2.60. The second-order valence-electron chi connectivity index (χ2n) is 4.85. The highest BCUT2D eigenvalue weighted by molar-refractivity contribution is 5.85. The molecule has 6 nitrogen and oxygen atoms in total. The van der Waals surface area contributed by atoms with Crippen molar-refractivity contribution >= 4 is 22.5 Å². The zero-order valence-electron chi connectivity index (χ0n) is 11.2. The molecule has 0 aliphatic carbocycles. The molecular formula is C13H19N3O3. The molecule has 0 saturated heterocycles. The largest absolute Gasteiger partial charge is 0.417 e. The number of nitrogen functional groups attached to an aromatic ring is 1. The number of hydrogen-bond donors (Lipinski definition) is 3. The number of aromatic nitrogens is 1. The fourth-order valence-corrected chi connectivity index (χ4v) is 1.74. The molecule has 0 fully saturated rings. The van der Waals surface area contributed by atoms with E-state index >= 15 is 0 Å². The minimum Gasteiger partial charge on any atom is -0.408 e. The summed E-state index contributed by atoms with van der Waals surface area (Å²) in [4.78, 5) is 13.7. The van der Waals surface area contributed by atoms with Gasteiger partial charge in [-0.2, -0.15) is 0 Å². The number of H-pyrrole nitrogens is 1. The minimum absolute atomic E-state index is 0.462. The Labute approximate surface area is 110 Å². The summed E-state index contributed by atoms with van der Waals surface area (Å²) >= 11 is 0. The summed E-state index contributed by atoms with van der Waals surface area (Å²) in [6.45, 7) is 6.22. The fraction of sp³-hybridized carbons (Fsp3) is 0.462. The number of nitrogens with two attached hydrogens (primary N) is 1. The number of fused-ring (bicyclic) bond motifs is 1. The first-order chi connectivity index (χ1) is 9.06. The van der Waals surface area contributed by atoms with Gasteiger partial charge in [-0.3, -0.25) is 4.98 Å². The number of aromatic amines is 1. The predicted molar refractivity (Wildman–Crippen MR) is 75.4 cm³/mol. The number of nitrogens with one attached hydrogen (secondary N) is 2. The van der Waals surface area contributed by atoms with E-state index in [1.165, 1.54) is 0 Å². The van der Waals surface area contributed by atoms with Gasteiger partial charge in [0.05, 0.1) is 23.5 Å². The van der Waals surface area contributed by atoms with Crippen molar-refractivity contribution in [3.63, 3.8) is 0 Å². The van der Waals surface area contributed by atoms with Crippen LogP contribution in [0.3, 0.4) is 0 Å². The molecule has 6 heteroatoms. The van der Waals surface area contributed by atoms with E-state index in [2.05, 4.69) is 24.1 Å². The maximum Gasteiger partial charge on any atom is 0.417 e. The summed E-state index contributed by atoms with van der Waals surface area (Å²) in [5.74, 6) is 0.0456. The number of anilines is 2. The summed E-state index contributed by atoms with van der Waals surface area (Å²) in [6, 6.07) is 3.39. The maximum absolute atomic E-state index is 11.1. The Morgan fingerprint density at radius 1 is 1.47 bits per heavy atom. The zero-order chi connectivity index (χ0) is 13.8. The number of benzene rings is 1.